The number of rotatable bonds is 2. The molecule has 1 aliphatic rings. The van der Waals surface area contributed by atoms with Crippen LogP contribution in [0.15, 0.2) is 53.5 Å². The fourth-order valence-corrected chi connectivity index (χ4v) is 1.83. The fourth-order valence-electron chi connectivity index (χ4n) is 1.83. The van der Waals surface area contributed by atoms with Gasteiger partial charge in [-0.1, -0.05) is 18.2 Å². The van der Waals surface area contributed by atoms with E-state index in [2.05, 4.69) is 10.5 Å². The summed E-state index contributed by atoms with van der Waals surface area (Å²) < 4.78 is 10.5. The van der Waals surface area contributed by atoms with Crippen LogP contribution >= 0.6 is 0 Å². The van der Waals surface area contributed by atoms with E-state index in [1.807, 2.05) is 30.3 Å². The maximum absolute atomic E-state index is 9.24. The first-order valence-electron chi connectivity index (χ1n) is 5.81. The molecule has 5 nitrogen and oxygen atoms in total. The molecule has 0 radical (unpaired) electrons. The van der Waals surface area contributed by atoms with E-state index >= 15 is 0 Å². The minimum Gasteiger partial charge on any atom is -0.454 e. The molecule has 0 spiro atoms. The molecular weight excluding hydrogens is 244 g/mol. The van der Waals surface area contributed by atoms with Gasteiger partial charge < -0.3 is 9.47 Å². The standard InChI is InChI=1S/C14H12N2O3/c17-16-14(15-11-4-2-1-3-5-11)10-6-7-12-13(8-10)19-9-18-12/h1-8,17H,9H2,(H,15,16). The van der Waals surface area contributed by atoms with Crippen molar-refractivity contribution in [2.45, 2.75) is 0 Å². The van der Waals surface area contributed by atoms with E-state index in [4.69, 9.17) is 9.47 Å². The number of hydroxylamine groups is 1. The molecule has 2 N–H and O–H groups in total. The average molecular weight is 256 g/mol. The van der Waals surface area contributed by atoms with Crippen molar-refractivity contribution >= 4 is 11.5 Å². The van der Waals surface area contributed by atoms with Crippen LogP contribution in [0.1, 0.15) is 5.56 Å². The van der Waals surface area contributed by atoms with Crippen LogP contribution < -0.4 is 15.0 Å². The lowest BCUT2D eigenvalue weighted by molar-refractivity contribution is 0.174. The highest BCUT2D eigenvalue weighted by Gasteiger charge is 2.15. The largest absolute Gasteiger partial charge is 0.454 e. The number of aliphatic imine (C=N–C) groups is 1. The minimum atomic E-state index is 0.219. The summed E-state index contributed by atoms with van der Waals surface area (Å²) in [6.07, 6.45) is 0. The zero-order valence-electron chi connectivity index (χ0n) is 10.0. The predicted octanol–water partition coefficient (Wildman–Crippen LogP) is 2.47. The number of ether oxygens (including phenoxy) is 2. The van der Waals surface area contributed by atoms with Gasteiger partial charge in [-0.2, -0.15) is 0 Å². The van der Waals surface area contributed by atoms with Crippen LogP contribution in [-0.4, -0.2) is 17.8 Å². The molecule has 0 fully saturated rings. The summed E-state index contributed by atoms with van der Waals surface area (Å²) in [6.45, 7) is 0.219. The van der Waals surface area contributed by atoms with Gasteiger partial charge in [-0.3, -0.25) is 10.7 Å². The number of hydrogen-bond donors (Lipinski definition) is 2. The second kappa shape index (κ2) is 4.99. The smallest absolute Gasteiger partial charge is 0.231 e. The first-order chi connectivity index (χ1) is 9.36. The fraction of sp³-hybridized carbons (Fsp3) is 0.0714. The first kappa shape index (κ1) is 11.6. The third-order valence-electron chi connectivity index (χ3n) is 2.75. The highest BCUT2D eigenvalue weighted by molar-refractivity contribution is 6.00. The van der Waals surface area contributed by atoms with E-state index in [-0.39, 0.29) is 6.79 Å². The molecule has 0 aromatic heterocycles. The molecule has 0 aliphatic carbocycles. The molecule has 0 saturated heterocycles. The van der Waals surface area contributed by atoms with Crippen LogP contribution in [0, 0.1) is 0 Å². The third-order valence-corrected chi connectivity index (χ3v) is 2.75. The van der Waals surface area contributed by atoms with Gasteiger partial charge in [-0.05, 0) is 30.3 Å². The quantitative estimate of drug-likeness (QED) is 0.492. The summed E-state index contributed by atoms with van der Waals surface area (Å²) in [6, 6.07) is 14.7. The van der Waals surface area contributed by atoms with Crippen molar-refractivity contribution in [1.82, 2.24) is 5.48 Å². The summed E-state index contributed by atoms with van der Waals surface area (Å²) >= 11 is 0. The van der Waals surface area contributed by atoms with E-state index < -0.39 is 0 Å². The van der Waals surface area contributed by atoms with Gasteiger partial charge in [0.2, 0.25) is 6.79 Å². The number of benzene rings is 2. The van der Waals surface area contributed by atoms with Gasteiger partial charge in [0, 0.05) is 5.56 Å². The summed E-state index contributed by atoms with van der Waals surface area (Å²) in [5, 5.41) is 9.24. The molecule has 1 aliphatic heterocycles. The molecule has 0 amide bonds. The van der Waals surface area contributed by atoms with Crippen LogP contribution in [0.5, 0.6) is 11.5 Å². The molecule has 19 heavy (non-hydrogen) atoms. The van der Waals surface area contributed by atoms with Gasteiger partial charge in [0.25, 0.3) is 0 Å². The molecule has 0 bridgehead atoms. The number of nitrogens with one attached hydrogen (secondary N) is 1. The highest BCUT2D eigenvalue weighted by Crippen LogP contribution is 2.32. The molecule has 0 atom stereocenters. The van der Waals surface area contributed by atoms with Gasteiger partial charge in [-0.15, -0.1) is 0 Å². The van der Waals surface area contributed by atoms with Gasteiger partial charge in [0.15, 0.2) is 17.3 Å². The highest BCUT2D eigenvalue weighted by atomic mass is 16.7. The van der Waals surface area contributed by atoms with E-state index in [9.17, 15) is 5.21 Å². The topological polar surface area (TPSA) is 63.1 Å². The number of hydrogen-bond acceptors (Lipinski definition) is 4. The number of para-hydroxylation sites is 1. The number of nitrogens with zero attached hydrogens (tertiary/aromatic N) is 1. The SMILES string of the molecule is ONC(=Nc1ccccc1)c1ccc2c(c1)OCO2. The lowest BCUT2D eigenvalue weighted by atomic mass is 10.2. The van der Waals surface area contributed by atoms with Gasteiger partial charge >= 0.3 is 0 Å². The lowest BCUT2D eigenvalue weighted by Gasteiger charge is -2.06. The normalized spacial score (nSPS) is 13.4. The average Bonchev–Trinajstić information content (AvgIpc) is 2.93. The number of fused-ring (bicyclic) bond motifs is 1. The Hall–Kier alpha value is -2.53. The molecule has 3 rings (SSSR count). The maximum atomic E-state index is 9.24. The Labute approximate surface area is 110 Å². The lowest BCUT2D eigenvalue weighted by Crippen LogP contribution is -2.19. The monoisotopic (exact) mass is 256 g/mol. The predicted molar refractivity (Wildman–Crippen MR) is 70.1 cm³/mol. The molecule has 2 aromatic carbocycles. The van der Waals surface area contributed by atoms with E-state index in [0.717, 1.165) is 11.3 Å². The Kier molecular flexibility index (Phi) is 3.04. The van der Waals surface area contributed by atoms with Crippen molar-refractivity contribution in [2.75, 3.05) is 6.79 Å². The van der Waals surface area contributed by atoms with Crippen LogP contribution in [0.2, 0.25) is 0 Å². The van der Waals surface area contributed by atoms with E-state index in [1.54, 1.807) is 18.2 Å². The maximum Gasteiger partial charge on any atom is 0.231 e. The van der Waals surface area contributed by atoms with Crippen molar-refractivity contribution in [2.24, 2.45) is 4.99 Å². The van der Waals surface area contributed by atoms with Crippen LogP contribution in [0.3, 0.4) is 0 Å². The van der Waals surface area contributed by atoms with Crippen LogP contribution in [0.25, 0.3) is 0 Å². The van der Waals surface area contributed by atoms with Crippen LogP contribution in [-0.2, 0) is 0 Å². The number of amidine groups is 1. The van der Waals surface area contributed by atoms with Crippen LogP contribution in [0.4, 0.5) is 5.69 Å². The summed E-state index contributed by atoms with van der Waals surface area (Å²) in [5.74, 6) is 1.69. The van der Waals surface area contributed by atoms with Gasteiger partial charge in [0.05, 0.1) is 5.69 Å². The van der Waals surface area contributed by atoms with Crippen molar-refractivity contribution in [1.29, 1.82) is 0 Å². The van der Waals surface area contributed by atoms with Crippen molar-refractivity contribution in [3.05, 3.63) is 54.1 Å². The van der Waals surface area contributed by atoms with Crippen molar-refractivity contribution in [3.63, 3.8) is 0 Å². The van der Waals surface area contributed by atoms with Crippen molar-refractivity contribution in [3.8, 4) is 11.5 Å². The minimum absolute atomic E-state index is 0.219. The zero-order chi connectivity index (χ0) is 13.1. The molecule has 1 heterocycles. The van der Waals surface area contributed by atoms with E-state index in [1.165, 1.54) is 0 Å². The van der Waals surface area contributed by atoms with E-state index in [0.29, 0.717) is 17.3 Å². The Balaban J connectivity index is 1.96. The molecule has 0 saturated carbocycles. The second-order valence-electron chi connectivity index (χ2n) is 3.98. The molecular formula is C14H12N2O3. The molecule has 5 heteroatoms. The Bertz CT molecular complexity index is 611. The molecule has 0 unspecified atom stereocenters. The Morgan fingerprint density at radius 1 is 1.05 bits per heavy atom. The Morgan fingerprint density at radius 3 is 2.63 bits per heavy atom. The summed E-state index contributed by atoms with van der Waals surface area (Å²) in [4.78, 5) is 4.33. The second-order valence-corrected chi connectivity index (χ2v) is 3.98. The zero-order valence-corrected chi connectivity index (χ0v) is 10.0. The Morgan fingerprint density at radius 2 is 1.84 bits per heavy atom. The first-order valence-corrected chi connectivity index (χ1v) is 5.81. The molecule has 96 valence electrons. The third kappa shape index (κ3) is 2.36. The van der Waals surface area contributed by atoms with Crippen molar-refractivity contribution < 1.29 is 14.7 Å². The van der Waals surface area contributed by atoms with Gasteiger partial charge in [-0.25, -0.2) is 4.99 Å². The summed E-state index contributed by atoms with van der Waals surface area (Å²) in [7, 11) is 0. The summed E-state index contributed by atoms with van der Waals surface area (Å²) in [5.41, 5.74) is 3.58. The van der Waals surface area contributed by atoms with Gasteiger partial charge in [0.1, 0.15) is 0 Å². The molecule has 2 aromatic rings.